The number of imidazole rings is 1. The van der Waals surface area contributed by atoms with Crippen molar-refractivity contribution in [1.29, 1.82) is 0 Å². The fraction of sp³-hybridized carbons (Fsp3) is 0.812. The molecule has 1 atom stereocenters. The van der Waals surface area contributed by atoms with Gasteiger partial charge in [-0.05, 0) is 32.7 Å². The molecule has 0 amide bonds. The summed E-state index contributed by atoms with van der Waals surface area (Å²) in [4.78, 5) is 4.62. The van der Waals surface area contributed by atoms with E-state index < -0.39 is 0 Å². The molecule has 1 heterocycles. The van der Waals surface area contributed by atoms with Crippen molar-refractivity contribution in [3.05, 3.63) is 18.2 Å². The van der Waals surface area contributed by atoms with Gasteiger partial charge < -0.3 is 14.6 Å². The number of ether oxygens (including phenoxy) is 1. The molecule has 4 nitrogen and oxygen atoms in total. The fourth-order valence-electron chi connectivity index (χ4n) is 2.96. The van der Waals surface area contributed by atoms with Gasteiger partial charge in [0.2, 0.25) is 0 Å². The summed E-state index contributed by atoms with van der Waals surface area (Å²) in [6.07, 6.45) is 7.05. The summed E-state index contributed by atoms with van der Waals surface area (Å²) >= 11 is 0. The number of aromatic nitrogens is 2. The predicted molar refractivity (Wildman–Crippen MR) is 83.9 cm³/mol. The highest BCUT2D eigenvalue weighted by Gasteiger charge is 2.39. The molecular formula is C16H31N3O. The Kier molecular flexibility index (Phi) is 7.24. The monoisotopic (exact) mass is 281 g/mol. The van der Waals surface area contributed by atoms with Crippen molar-refractivity contribution in [3.8, 4) is 0 Å². The molecule has 1 rings (SSSR count). The van der Waals surface area contributed by atoms with Gasteiger partial charge in [0, 0.05) is 25.5 Å². The third-order valence-electron chi connectivity index (χ3n) is 4.03. The smallest absolute Gasteiger partial charge is 0.128 e. The molecule has 0 aliphatic carbocycles. The van der Waals surface area contributed by atoms with Crippen LogP contribution < -0.4 is 5.32 Å². The Morgan fingerprint density at radius 3 is 2.45 bits per heavy atom. The van der Waals surface area contributed by atoms with E-state index in [1.165, 1.54) is 0 Å². The molecule has 0 saturated heterocycles. The second-order valence-electron chi connectivity index (χ2n) is 5.17. The van der Waals surface area contributed by atoms with E-state index in [4.69, 9.17) is 4.74 Å². The van der Waals surface area contributed by atoms with Crippen molar-refractivity contribution in [1.82, 2.24) is 14.9 Å². The molecule has 0 saturated carbocycles. The maximum absolute atomic E-state index is 6.18. The van der Waals surface area contributed by atoms with Crippen LogP contribution in [0.2, 0.25) is 0 Å². The summed E-state index contributed by atoms with van der Waals surface area (Å²) in [5.41, 5.74) is -0.179. The molecule has 0 bridgehead atoms. The lowest BCUT2D eigenvalue weighted by Gasteiger charge is -2.39. The van der Waals surface area contributed by atoms with Crippen LogP contribution in [0.5, 0.6) is 0 Å². The van der Waals surface area contributed by atoms with E-state index in [0.717, 1.165) is 44.8 Å². The first-order valence-electron chi connectivity index (χ1n) is 8.07. The molecule has 0 radical (unpaired) electrons. The molecule has 116 valence electrons. The second kappa shape index (κ2) is 8.42. The highest BCUT2D eigenvalue weighted by atomic mass is 16.5. The van der Waals surface area contributed by atoms with Crippen LogP contribution in [0.4, 0.5) is 0 Å². The minimum absolute atomic E-state index is 0.143. The zero-order chi connectivity index (χ0) is 15.0. The minimum Gasteiger partial charge on any atom is -0.373 e. The molecule has 1 unspecified atom stereocenters. The normalized spacial score (nSPS) is 13.7. The Morgan fingerprint density at radius 2 is 1.95 bits per heavy atom. The van der Waals surface area contributed by atoms with Crippen LogP contribution in [0.15, 0.2) is 12.4 Å². The van der Waals surface area contributed by atoms with Crippen LogP contribution >= 0.6 is 0 Å². The van der Waals surface area contributed by atoms with Gasteiger partial charge in [0.25, 0.3) is 0 Å². The highest BCUT2D eigenvalue weighted by Crippen LogP contribution is 2.34. The van der Waals surface area contributed by atoms with E-state index in [1.54, 1.807) is 0 Å². The Hall–Kier alpha value is -0.870. The number of nitrogens with zero attached hydrogens (tertiary/aromatic N) is 2. The highest BCUT2D eigenvalue weighted by molar-refractivity contribution is 5.08. The molecule has 0 aliphatic heterocycles. The molecule has 1 N–H and O–H groups in total. The number of aryl methyl sites for hydroxylation is 1. The van der Waals surface area contributed by atoms with Gasteiger partial charge in [0.15, 0.2) is 0 Å². The lowest BCUT2D eigenvalue weighted by Crippen LogP contribution is -2.46. The number of likely N-dealkylation sites (N-methyl/N-ethyl adjacent to an activating group) is 1. The van der Waals surface area contributed by atoms with Crippen molar-refractivity contribution in [3.63, 3.8) is 0 Å². The Labute approximate surface area is 123 Å². The molecule has 1 aromatic rings. The van der Waals surface area contributed by atoms with E-state index >= 15 is 0 Å². The first-order valence-corrected chi connectivity index (χ1v) is 8.07. The number of hydrogen-bond donors (Lipinski definition) is 1. The first-order chi connectivity index (χ1) is 9.68. The summed E-state index contributed by atoms with van der Waals surface area (Å²) in [6, 6.07) is 0.143. The summed E-state index contributed by atoms with van der Waals surface area (Å²) in [6.45, 7) is 13.5. The van der Waals surface area contributed by atoms with Gasteiger partial charge in [0.1, 0.15) is 5.82 Å². The first kappa shape index (κ1) is 17.2. The topological polar surface area (TPSA) is 39.1 Å². The molecule has 4 heteroatoms. The molecular weight excluding hydrogens is 250 g/mol. The van der Waals surface area contributed by atoms with E-state index in [1.807, 2.05) is 6.20 Å². The average Bonchev–Trinajstić information content (AvgIpc) is 2.91. The van der Waals surface area contributed by atoms with Crippen LogP contribution in [0.3, 0.4) is 0 Å². The average molecular weight is 281 g/mol. The number of nitrogens with one attached hydrogen (secondary N) is 1. The van der Waals surface area contributed by atoms with Gasteiger partial charge in [-0.2, -0.15) is 0 Å². The van der Waals surface area contributed by atoms with E-state index in [-0.39, 0.29) is 11.6 Å². The van der Waals surface area contributed by atoms with Crippen molar-refractivity contribution >= 4 is 0 Å². The van der Waals surface area contributed by atoms with Gasteiger partial charge in [-0.1, -0.05) is 27.7 Å². The van der Waals surface area contributed by atoms with E-state index in [2.05, 4.69) is 55.7 Å². The zero-order valence-corrected chi connectivity index (χ0v) is 13.8. The molecule has 0 aromatic carbocycles. The van der Waals surface area contributed by atoms with Crippen molar-refractivity contribution in [2.24, 2.45) is 0 Å². The van der Waals surface area contributed by atoms with E-state index in [0.29, 0.717) is 0 Å². The van der Waals surface area contributed by atoms with Gasteiger partial charge in [-0.25, -0.2) is 4.98 Å². The van der Waals surface area contributed by atoms with Crippen molar-refractivity contribution in [2.75, 3.05) is 13.2 Å². The number of hydrogen-bond acceptors (Lipinski definition) is 3. The summed E-state index contributed by atoms with van der Waals surface area (Å²) < 4.78 is 8.44. The van der Waals surface area contributed by atoms with Gasteiger partial charge in [-0.15, -0.1) is 0 Å². The van der Waals surface area contributed by atoms with Gasteiger partial charge >= 0.3 is 0 Å². The lowest BCUT2D eigenvalue weighted by molar-refractivity contribution is -0.0755. The van der Waals surface area contributed by atoms with Gasteiger partial charge in [0.05, 0.1) is 11.6 Å². The summed E-state index contributed by atoms with van der Waals surface area (Å²) in [7, 11) is 0. The lowest BCUT2D eigenvalue weighted by atomic mass is 9.87. The second-order valence-corrected chi connectivity index (χ2v) is 5.17. The van der Waals surface area contributed by atoms with Crippen LogP contribution in [0.25, 0.3) is 0 Å². The molecule has 20 heavy (non-hydrogen) atoms. The van der Waals surface area contributed by atoms with Crippen molar-refractivity contribution in [2.45, 2.75) is 72.1 Å². The summed E-state index contributed by atoms with van der Waals surface area (Å²) in [5, 5.41) is 3.60. The van der Waals surface area contributed by atoms with Gasteiger partial charge in [-0.3, -0.25) is 0 Å². The Bertz CT molecular complexity index is 372. The zero-order valence-electron chi connectivity index (χ0n) is 13.8. The van der Waals surface area contributed by atoms with Crippen LogP contribution in [-0.4, -0.2) is 28.3 Å². The third-order valence-corrected chi connectivity index (χ3v) is 4.03. The van der Waals surface area contributed by atoms with Crippen LogP contribution in [0, 0.1) is 0 Å². The third kappa shape index (κ3) is 3.61. The molecule has 0 spiro atoms. The predicted octanol–water partition coefficient (Wildman–Crippen LogP) is 3.54. The standard InChI is InChI=1S/C16H31N3O/c1-6-12-19-13-11-18-15(19)14(17-9-4)16(7-2,8-3)20-10-5/h11,13-14,17H,6-10,12H2,1-5H3. The Morgan fingerprint density at radius 1 is 1.25 bits per heavy atom. The minimum atomic E-state index is -0.179. The SMILES string of the molecule is CCCn1ccnc1C(NCC)C(CC)(CC)OCC. The maximum Gasteiger partial charge on any atom is 0.128 e. The molecule has 0 fully saturated rings. The quantitative estimate of drug-likeness (QED) is 0.713. The number of rotatable bonds is 10. The summed E-state index contributed by atoms with van der Waals surface area (Å²) in [5.74, 6) is 1.10. The van der Waals surface area contributed by atoms with Crippen LogP contribution in [-0.2, 0) is 11.3 Å². The maximum atomic E-state index is 6.18. The fourth-order valence-corrected chi connectivity index (χ4v) is 2.96. The van der Waals surface area contributed by atoms with Crippen molar-refractivity contribution < 1.29 is 4.74 Å². The molecule has 0 aliphatic rings. The van der Waals surface area contributed by atoms with Crippen LogP contribution in [0.1, 0.15) is 65.7 Å². The largest absolute Gasteiger partial charge is 0.373 e. The van der Waals surface area contributed by atoms with E-state index in [9.17, 15) is 0 Å². The molecule has 1 aromatic heterocycles. The Balaban J connectivity index is 3.16.